The minimum atomic E-state index is -4.02. The molecule has 232 valence electrons. The average Bonchev–Trinajstić information content (AvgIpc) is 2.98. The van der Waals surface area contributed by atoms with E-state index in [1.807, 2.05) is 0 Å². The smallest absolute Gasteiger partial charge is 0.261 e. The van der Waals surface area contributed by atoms with Crippen molar-refractivity contribution < 1.29 is 40.6 Å². The van der Waals surface area contributed by atoms with E-state index < -0.39 is 43.9 Å². The van der Waals surface area contributed by atoms with Crippen molar-refractivity contribution in [3.8, 4) is 11.5 Å². The van der Waals surface area contributed by atoms with Gasteiger partial charge in [0.2, 0.25) is 10.0 Å². The molecule has 3 aromatic rings. The minimum absolute atomic E-state index is 0.0163. The molecule has 0 saturated carbocycles. The van der Waals surface area contributed by atoms with Crippen LogP contribution in [0.15, 0.2) is 76.5 Å². The predicted molar refractivity (Wildman–Crippen MR) is 158 cm³/mol. The summed E-state index contributed by atoms with van der Waals surface area (Å²) in [5, 5.41) is 9.90. The molecule has 0 saturated heterocycles. The quantitative estimate of drug-likeness (QED) is 0.346. The normalized spacial score (nSPS) is 18.3. The van der Waals surface area contributed by atoms with E-state index in [4.69, 9.17) is 9.47 Å². The standard InChI is InChI=1S/C29H34FN3O8S2/c1-19-16-33(20(2)18-34)29(35)26-15-22(31-42(36,37)24-12-8-23(40-4)9-13-24)7-14-27(26)41-28(19)17-32(3)43(38,39)25-10-5-21(30)6-11-25/h5-15,19-20,28,31,34H,16-18H2,1-4H3/t19-,20-,28+/m0/s1. The number of likely N-dealkylation sites (N-methyl/N-ethyl adjacent to an activating group) is 1. The molecule has 11 nitrogen and oxygen atoms in total. The molecular weight excluding hydrogens is 601 g/mol. The van der Waals surface area contributed by atoms with Gasteiger partial charge in [0, 0.05) is 25.2 Å². The molecular formula is C29H34FN3O8S2. The molecule has 14 heteroatoms. The maximum Gasteiger partial charge on any atom is 0.261 e. The second kappa shape index (κ2) is 12.9. The molecule has 0 aliphatic carbocycles. The first-order chi connectivity index (χ1) is 20.3. The Bertz CT molecular complexity index is 1670. The number of rotatable bonds is 10. The van der Waals surface area contributed by atoms with Crippen molar-refractivity contribution in [1.29, 1.82) is 0 Å². The number of methoxy groups -OCH3 is 1. The summed E-state index contributed by atoms with van der Waals surface area (Å²) in [6, 6.07) is 13.9. The number of fused-ring (bicyclic) bond motifs is 1. The number of aliphatic hydroxyl groups excluding tert-OH is 1. The van der Waals surface area contributed by atoms with Crippen LogP contribution in [0.5, 0.6) is 11.5 Å². The summed E-state index contributed by atoms with van der Waals surface area (Å²) in [6.45, 7) is 3.15. The Morgan fingerprint density at radius 1 is 1.07 bits per heavy atom. The Balaban J connectivity index is 1.67. The van der Waals surface area contributed by atoms with Gasteiger partial charge in [-0.15, -0.1) is 0 Å². The number of halogens is 1. The van der Waals surface area contributed by atoms with E-state index in [0.717, 1.165) is 16.4 Å². The van der Waals surface area contributed by atoms with Crippen LogP contribution in [-0.4, -0.2) is 83.1 Å². The Morgan fingerprint density at radius 2 is 1.70 bits per heavy atom. The molecule has 0 bridgehead atoms. The monoisotopic (exact) mass is 635 g/mol. The number of amides is 1. The van der Waals surface area contributed by atoms with E-state index >= 15 is 0 Å². The van der Waals surface area contributed by atoms with Crippen LogP contribution in [0, 0.1) is 11.7 Å². The van der Waals surface area contributed by atoms with Gasteiger partial charge in [-0.25, -0.2) is 21.2 Å². The topological polar surface area (TPSA) is 143 Å². The highest BCUT2D eigenvalue weighted by atomic mass is 32.2. The molecule has 3 atom stereocenters. The second-order valence-electron chi connectivity index (χ2n) is 10.4. The summed E-state index contributed by atoms with van der Waals surface area (Å²) in [6.07, 6.45) is -0.748. The largest absolute Gasteiger partial charge is 0.497 e. The van der Waals surface area contributed by atoms with Crippen LogP contribution in [0.4, 0.5) is 10.1 Å². The van der Waals surface area contributed by atoms with E-state index in [1.165, 1.54) is 73.7 Å². The zero-order valence-electron chi connectivity index (χ0n) is 24.1. The number of sulfonamides is 2. The third-order valence-electron chi connectivity index (χ3n) is 7.25. The number of carbonyl (C=O) groups is 1. The first-order valence-electron chi connectivity index (χ1n) is 13.4. The summed E-state index contributed by atoms with van der Waals surface area (Å²) in [5.74, 6) is -0.828. The molecule has 0 unspecified atom stereocenters. The van der Waals surface area contributed by atoms with E-state index in [0.29, 0.717) is 5.75 Å². The summed E-state index contributed by atoms with van der Waals surface area (Å²) in [4.78, 5) is 15.1. The number of nitrogens with zero attached hydrogens (tertiary/aromatic N) is 2. The maximum atomic E-state index is 13.7. The van der Waals surface area contributed by atoms with Gasteiger partial charge in [0.25, 0.3) is 15.9 Å². The third kappa shape index (κ3) is 7.09. The fourth-order valence-electron chi connectivity index (χ4n) is 4.61. The van der Waals surface area contributed by atoms with Crippen molar-refractivity contribution in [3.63, 3.8) is 0 Å². The van der Waals surface area contributed by atoms with Crippen LogP contribution in [0.1, 0.15) is 24.2 Å². The van der Waals surface area contributed by atoms with Gasteiger partial charge in [-0.05, 0) is 73.7 Å². The van der Waals surface area contributed by atoms with Crippen LogP contribution in [0.2, 0.25) is 0 Å². The summed E-state index contributed by atoms with van der Waals surface area (Å²) >= 11 is 0. The zero-order valence-corrected chi connectivity index (χ0v) is 25.7. The van der Waals surface area contributed by atoms with Gasteiger partial charge in [-0.1, -0.05) is 6.92 Å². The van der Waals surface area contributed by atoms with E-state index in [9.17, 15) is 31.1 Å². The van der Waals surface area contributed by atoms with Crippen LogP contribution < -0.4 is 14.2 Å². The predicted octanol–water partition coefficient (Wildman–Crippen LogP) is 3.18. The molecule has 1 heterocycles. The number of hydrogen-bond donors (Lipinski definition) is 2. The van der Waals surface area contributed by atoms with Gasteiger partial charge in [-0.2, -0.15) is 4.31 Å². The highest BCUT2D eigenvalue weighted by Gasteiger charge is 2.35. The SMILES string of the molecule is COc1ccc(S(=O)(=O)Nc2ccc3c(c2)C(=O)N([C@@H](C)CO)C[C@H](C)[C@@H](CN(C)S(=O)(=O)c2ccc(F)cc2)O3)cc1. The van der Waals surface area contributed by atoms with Gasteiger partial charge in [0.05, 0.1) is 41.7 Å². The van der Waals surface area contributed by atoms with Crippen LogP contribution >= 0.6 is 0 Å². The van der Waals surface area contributed by atoms with E-state index in [-0.39, 0.29) is 52.4 Å². The van der Waals surface area contributed by atoms with Crippen molar-refractivity contribution in [3.05, 3.63) is 78.1 Å². The molecule has 0 spiro atoms. The van der Waals surface area contributed by atoms with Crippen LogP contribution in [-0.2, 0) is 20.0 Å². The molecule has 1 aliphatic heterocycles. The van der Waals surface area contributed by atoms with Crippen molar-refractivity contribution in [1.82, 2.24) is 9.21 Å². The van der Waals surface area contributed by atoms with Gasteiger partial charge >= 0.3 is 0 Å². The van der Waals surface area contributed by atoms with Crippen LogP contribution in [0.3, 0.4) is 0 Å². The lowest BCUT2D eigenvalue weighted by atomic mass is 9.99. The lowest BCUT2D eigenvalue weighted by Gasteiger charge is -2.38. The number of nitrogens with one attached hydrogen (secondary N) is 1. The highest BCUT2D eigenvalue weighted by Crippen LogP contribution is 2.32. The summed E-state index contributed by atoms with van der Waals surface area (Å²) in [5.41, 5.74) is 0.139. The second-order valence-corrected chi connectivity index (χ2v) is 14.1. The number of anilines is 1. The Morgan fingerprint density at radius 3 is 2.30 bits per heavy atom. The molecule has 3 aromatic carbocycles. The molecule has 4 rings (SSSR count). The van der Waals surface area contributed by atoms with Crippen molar-refractivity contribution in [2.45, 2.75) is 35.8 Å². The van der Waals surface area contributed by atoms with Crippen molar-refractivity contribution >= 4 is 31.6 Å². The maximum absolute atomic E-state index is 13.7. The number of carbonyl (C=O) groups excluding carboxylic acids is 1. The molecule has 43 heavy (non-hydrogen) atoms. The lowest BCUT2D eigenvalue weighted by molar-refractivity contribution is 0.0387. The zero-order chi connectivity index (χ0) is 31.5. The Kier molecular flexibility index (Phi) is 9.64. The molecule has 0 radical (unpaired) electrons. The minimum Gasteiger partial charge on any atom is -0.497 e. The van der Waals surface area contributed by atoms with Gasteiger partial charge in [0.15, 0.2) is 0 Å². The van der Waals surface area contributed by atoms with Gasteiger partial charge < -0.3 is 19.5 Å². The Hall–Kier alpha value is -3.72. The Labute approximate surface area is 250 Å². The van der Waals surface area contributed by atoms with Gasteiger partial charge in [-0.3, -0.25) is 9.52 Å². The first kappa shape index (κ1) is 32.2. The number of aliphatic hydroxyl groups is 1. The summed E-state index contributed by atoms with van der Waals surface area (Å²) < 4.78 is 80.8. The van der Waals surface area contributed by atoms with Crippen molar-refractivity contribution in [2.24, 2.45) is 5.92 Å². The van der Waals surface area contributed by atoms with Crippen molar-refractivity contribution in [2.75, 3.05) is 38.6 Å². The molecule has 0 fully saturated rings. The molecule has 1 amide bonds. The van der Waals surface area contributed by atoms with Crippen LogP contribution in [0.25, 0.3) is 0 Å². The van der Waals surface area contributed by atoms with E-state index in [1.54, 1.807) is 13.8 Å². The number of hydrogen-bond acceptors (Lipinski definition) is 8. The van der Waals surface area contributed by atoms with E-state index in [2.05, 4.69) is 4.72 Å². The molecule has 0 aromatic heterocycles. The lowest BCUT2D eigenvalue weighted by Crippen LogP contribution is -2.50. The molecule has 2 N–H and O–H groups in total. The first-order valence-corrected chi connectivity index (χ1v) is 16.3. The third-order valence-corrected chi connectivity index (χ3v) is 10.5. The van der Waals surface area contributed by atoms with Gasteiger partial charge in [0.1, 0.15) is 23.4 Å². The number of benzene rings is 3. The number of ether oxygens (including phenoxy) is 2. The average molecular weight is 636 g/mol. The fourth-order valence-corrected chi connectivity index (χ4v) is 6.84. The summed E-state index contributed by atoms with van der Waals surface area (Å²) in [7, 11) is -5.18. The fraction of sp³-hybridized carbons (Fsp3) is 0.345. The highest BCUT2D eigenvalue weighted by molar-refractivity contribution is 7.92. The molecule has 1 aliphatic rings.